The number of rotatable bonds is 12. The van der Waals surface area contributed by atoms with Crippen molar-refractivity contribution in [3.63, 3.8) is 0 Å². The Kier molecular flexibility index (Phi) is 12.8. The summed E-state index contributed by atoms with van der Waals surface area (Å²) in [5.74, 6) is 1.46. The average molecular weight is 355 g/mol. The van der Waals surface area contributed by atoms with Crippen molar-refractivity contribution in [3.8, 4) is 0 Å². The third-order valence-electron chi connectivity index (χ3n) is 4.96. The van der Waals surface area contributed by atoms with Gasteiger partial charge >= 0.3 is 0 Å². The number of ether oxygens (including phenoxy) is 1. The Labute approximate surface area is 156 Å². The van der Waals surface area contributed by atoms with E-state index >= 15 is 0 Å². The third-order valence-corrected chi connectivity index (χ3v) is 4.96. The minimum atomic E-state index is 0.324. The number of aliphatic imine (C=N–C) groups is 1. The van der Waals surface area contributed by atoms with E-state index in [1.807, 2.05) is 7.05 Å². The fraction of sp³-hybridized carbons (Fsp3) is 0.950. The van der Waals surface area contributed by atoms with Gasteiger partial charge in [-0.1, -0.05) is 26.7 Å². The van der Waals surface area contributed by atoms with Gasteiger partial charge in [-0.05, 0) is 64.6 Å². The van der Waals surface area contributed by atoms with Crippen LogP contribution in [0.4, 0.5) is 0 Å². The van der Waals surface area contributed by atoms with Crippen LogP contribution < -0.4 is 10.6 Å². The second-order valence-electron chi connectivity index (χ2n) is 7.42. The van der Waals surface area contributed by atoms with Crippen molar-refractivity contribution in [3.05, 3.63) is 0 Å². The first-order chi connectivity index (χ1) is 12.2. The van der Waals surface area contributed by atoms with Gasteiger partial charge in [0, 0.05) is 26.7 Å². The molecule has 0 saturated carbocycles. The van der Waals surface area contributed by atoms with Crippen LogP contribution in [-0.4, -0.2) is 63.3 Å². The van der Waals surface area contributed by atoms with Gasteiger partial charge < -0.3 is 20.3 Å². The lowest BCUT2D eigenvalue weighted by Crippen LogP contribution is -2.39. The van der Waals surface area contributed by atoms with Crippen LogP contribution in [0.2, 0.25) is 0 Å². The number of hydrogen-bond donors (Lipinski definition) is 2. The molecule has 0 amide bonds. The van der Waals surface area contributed by atoms with Crippen LogP contribution in [0.1, 0.15) is 65.7 Å². The van der Waals surface area contributed by atoms with E-state index in [4.69, 9.17) is 4.74 Å². The summed E-state index contributed by atoms with van der Waals surface area (Å²) >= 11 is 0. The lowest BCUT2D eigenvalue weighted by atomic mass is 10.0. The van der Waals surface area contributed by atoms with E-state index in [2.05, 4.69) is 41.3 Å². The number of nitrogens with one attached hydrogen (secondary N) is 2. The monoisotopic (exact) mass is 354 g/mol. The molecule has 1 atom stereocenters. The lowest BCUT2D eigenvalue weighted by molar-refractivity contribution is 0.0258. The molecule has 1 unspecified atom stereocenters. The summed E-state index contributed by atoms with van der Waals surface area (Å²) in [5.41, 5.74) is 0. The normalized spacial score (nSPS) is 17.7. The molecule has 1 aliphatic rings. The molecule has 0 spiro atoms. The smallest absolute Gasteiger partial charge is 0.190 e. The molecule has 5 heteroatoms. The molecular weight excluding hydrogens is 312 g/mol. The molecular formula is C20H42N4O. The molecule has 1 saturated heterocycles. The molecule has 148 valence electrons. The van der Waals surface area contributed by atoms with Gasteiger partial charge in [-0.15, -0.1) is 0 Å². The highest BCUT2D eigenvalue weighted by Crippen LogP contribution is 2.10. The number of unbranched alkanes of at least 4 members (excludes halogenated alkanes) is 2. The minimum Gasteiger partial charge on any atom is -0.378 e. The maximum atomic E-state index is 5.79. The Hall–Kier alpha value is -0.810. The van der Waals surface area contributed by atoms with Crippen LogP contribution in [0, 0.1) is 5.92 Å². The number of guanidine groups is 1. The quantitative estimate of drug-likeness (QED) is 0.321. The van der Waals surface area contributed by atoms with Crippen molar-refractivity contribution in [2.24, 2.45) is 10.9 Å². The Morgan fingerprint density at radius 1 is 1.04 bits per heavy atom. The summed E-state index contributed by atoms with van der Waals surface area (Å²) in [6, 6.07) is 0. The molecule has 1 aliphatic heterocycles. The molecule has 0 radical (unpaired) electrons. The summed E-state index contributed by atoms with van der Waals surface area (Å²) < 4.78 is 5.79. The van der Waals surface area contributed by atoms with Crippen LogP contribution >= 0.6 is 0 Å². The maximum absolute atomic E-state index is 5.79. The predicted molar refractivity (Wildman–Crippen MR) is 108 cm³/mol. The molecule has 1 fully saturated rings. The summed E-state index contributed by atoms with van der Waals surface area (Å²) in [5, 5.41) is 6.83. The number of piperidine rings is 1. The SMILES string of the molecule is CCOC(CCNC(=NC)NCCCCCN1CCCCC1)C(C)C. The van der Waals surface area contributed by atoms with E-state index in [0.717, 1.165) is 32.1 Å². The number of likely N-dealkylation sites (tertiary alicyclic amines) is 1. The zero-order valence-corrected chi connectivity index (χ0v) is 17.1. The summed E-state index contributed by atoms with van der Waals surface area (Å²) in [6.45, 7) is 13.1. The molecule has 1 rings (SSSR count). The van der Waals surface area contributed by atoms with Gasteiger partial charge in [0.15, 0.2) is 5.96 Å². The molecule has 0 aromatic heterocycles. The van der Waals surface area contributed by atoms with Crippen molar-refractivity contribution in [1.29, 1.82) is 0 Å². The van der Waals surface area contributed by atoms with Crippen LogP contribution in [0.5, 0.6) is 0 Å². The Morgan fingerprint density at radius 3 is 2.40 bits per heavy atom. The van der Waals surface area contributed by atoms with Crippen molar-refractivity contribution < 1.29 is 4.74 Å². The first-order valence-corrected chi connectivity index (χ1v) is 10.5. The first kappa shape index (κ1) is 22.2. The largest absolute Gasteiger partial charge is 0.378 e. The Morgan fingerprint density at radius 2 is 1.76 bits per heavy atom. The van der Waals surface area contributed by atoms with E-state index in [1.54, 1.807) is 0 Å². The highest BCUT2D eigenvalue weighted by Gasteiger charge is 2.13. The summed E-state index contributed by atoms with van der Waals surface area (Å²) in [4.78, 5) is 6.94. The Balaban J connectivity index is 2.03. The maximum Gasteiger partial charge on any atom is 0.190 e. The van der Waals surface area contributed by atoms with Crippen LogP contribution in [0.3, 0.4) is 0 Å². The van der Waals surface area contributed by atoms with E-state index in [0.29, 0.717) is 12.0 Å². The van der Waals surface area contributed by atoms with Gasteiger partial charge in [-0.25, -0.2) is 0 Å². The highest BCUT2D eigenvalue weighted by molar-refractivity contribution is 5.79. The van der Waals surface area contributed by atoms with E-state index in [9.17, 15) is 0 Å². The molecule has 0 aliphatic carbocycles. The van der Waals surface area contributed by atoms with Crippen molar-refractivity contribution >= 4 is 5.96 Å². The van der Waals surface area contributed by atoms with Gasteiger partial charge in [0.05, 0.1) is 6.10 Å². The van der Waals surface area contributed by atoms with Crippen LogP contribution in [-0.2, 0) is 4.74 Å². The molecule has 5 nitrogen and oxygen atoms in total. The van der Waals surface area contributed by atoms with Crippen LogP contribution in [0.25, 0.3) is 0 Å². The van der Waals surface area contributed by atoms with Crippen molar-refractivity contribution in [2.75, 3.05) is 46.4 Å². The number of nitrogens with zero attached hydrogens (tertiary/aromatic N) is 2. The van der Waals surface area contributed by atoms with Gasteiger partial charge in [0.1, 0.15) is 0 Å². The van der Waals surface area contributed by atoms with E-state index in [-0.39, 0.29) is 0 Å². The highest BCUT2D eigenvalue weighted by atomic mass is 16.5. The van der Waals surface area contributed by atoms with Gasteiger partial charge in [-0.3, -0.25) is 4.99 Å². The lowest BCUT2D eigenvalue weighted by Gasteiger charge is -2.26. The van der Waals surface area contributed by atoms with E-state index in [1.165, 1.54) is 58.2 Å². The van der Waals surface area contributed by atoms with Gasteiger partial charge in [-0.2, -0.15) is 0 Å². The topological polar surface area (TPSA) is 48.9 Å². The van der Waals surface area contributed by atoms with Crippen LogP contribution in [0.15, 0.2) is 4.99 Å². The molecule has 2 N–H and O–H groups in total. The third kappa shape index (κ3) is 10.7. The fourth-order valence-electron chi connectivity index (χ4n) is 3.40. The molecule has 0 bridgehead atoms. The number of hydrogen-bond acceptors (Lipinski definition) is 3. The average Bonchev–Trinajstić information content (AvgIpc) is 2.62. The standard InChI is InChI=1S/C20H42N4O/c1-5-25-19(18(2)3)12-14-23-20(21-4)22-13-8-6-9-15-24-16-10-7-11-17-24/h18-19H,5-17H2,1-4H3,(H2,21,22,23). The summed E-state index contributed by atoms with van der Waals surface area (Å²) in [6.07, 6.45) is 9.37. The predicted octanol–water partition coefficient (Wildman–Crippen LogP) is 3.26. The summed E-state index contributed by atoms with van der Waals surface area (Å²) in [7, 11) is 1.84. The van der Waals surface area contributed by atoms with Crippen molar-refractivity contribution in [2.45, 2.75) is 71.8 Å². The molecule has 25 heavy (non-hydrogen) atoms. The first-order valence-electron chi connectivity index (χ1n) is 10.5. The second-order valence-corrected chi connectivity index (χ2v) is 7.42. The van der Waals surface area contributed by atoms with Gasteiger partial charge in [0.2, 0.25) is 0 Å². The van der Waals surface area contributed by atoms with Gasteiger partial charge in [0.25, 0.3) is 0 Å². The van der Waals surface area contributed by atoms with E-state index < -0.39 is 0 Å². The second kappa shape index (κ2) is 14.4. The zero-order chi connectivity index (χ0) is 18.3. The molecule has 0 aromatic carbocycles. The van der Waals surface area contributed by atoms with Crippen molar-refractivity contribution in [1.82, 2.24) is 15.5 Å². The zero-order valence-electron chi connectivity index (χ0n) is 17.1. The fourth-order valence-corrected chi connectivity index (χ4v) is 3.40. The Bertz CT molecular complexity index is 341. The minimum absolute atomic E-state index is 0.324. The molecule has 0 aromatic rings. The molecule has 1 heterocycles.